The van der Waals surface area contributed by atoms with Crippen molar-refractivity contribution in [3.8, 4) is 0 Å². The molecule has 2 aliphatic heterocycles. The number of nitrogens with one attached hydrogen (secondary N) is 1. The van der Waals surface area contributed by atoms with Crippen molar-refractivity contribution >= 4 is 17.8 Å². The van der Waals surface area contributed by atoms with E-state index in [4.69, 9.17) is 0 Å². The molecule has 2 aliphatic rings. The van der Waals surface area contributed by atoms with Gasteiger partial charge in [0.15, 0.2) is 0 Å². The van der Waals surface area contributed by atoms with Gasteiger partial charge in [-0.05, 0) is 69.3 Å². The highest BCUT2D eigenvalue weighted by Gasteiger charge is 2.55. The Balaban J connectivity index is 1.68. The molecule has 0 aromatic heterocycles. The van der Waals surface area contributed by atoms with E-state index >= 15 is 0 Å². The Morgan fingerprint density at radius 2 is 1.82 bits per heavy atom. The van der Waals surface area contributed by atoms with Crippen LogP contribution >= 0.6 is 0 Å². The van der Waals surface area contributed by atoms with Crippen molar-refractivity contribution in [2.45, 2.75) is 51.5 Å². The molecule has 0 unspecified atom stereocenters. The van der Waals surface area contributed by atoms with Gasteiger partial charge in [-0.2, -0.15) is 0 Å². The molecule has 1 atom stereocenters. The highest BCUT2D eigenvalue weighted by Crippen LogP contribution is 2.38. The highest BCUT2D eigenvalue weighted by atomic mass is 19.1. The topological polar surface area (TPSA) is 73.0 Å². The number of carbonyl (C=O) groups excluding carboxylic acids is 3. The predicted octanol–water partition coefficient (Wildman–Crippen LogP) is 2.90. The molecule has 4 amide bonds. The number of imide groups is 1. The van der Waals surface area contributed by atoms with E-state index in [2.05, 4.69) is 19.2 Å². The molecule has 2 fully saturated rings. The standard InChI is InChI=1S/C25H37FN4O3/c1-18(2)9-12-25(23(32)30(24(33)27-25)16-15-28(3)4)20-10-13-29(14-11-20)22(31)17-19-5-7-21(26)8-6-19/h5-8,18,20H,9-17H2,1-4H3,(H,27,33)/t25-/m0/s1. The maximum Gasteiger partial charge on any atom is 0.325 e. The summed E-state index contributed by atoms with van der Waals surface area (Å²) >= 11 is 0. The molecule has 0 bridgehead atoms. The Morgan fingerprint density at radius 1 is 1.18 bits per heavy atom. The van der Waals surface area contributed by atoms with Gasteiger partial charge in [-0.1, -0.05) is 26.0 Å². The molecule has 1 N–H and O–H groups in total. The summed E-state index contributed by atoms with van der Waals surface area (Å²) in [6.07, 6.45) is 3.03. The molecule has 0 radical (unpaired) electrons. The number of carbonyl (C=O) groups is 3. The number of nitrogens with zero attached hydrogens (tertiary/aromatic N) is 3. The van der Waals surface area contributed by atoms with Crippen molar-refractivity contribution in [1.82, 2.24) is 20.0 Å². The van der Waals surface area contributed by atoms with Crippen LogP contribution in [0.25, 0.3) is 0 Å². The molecule has 0 aliphatic carbocycles. The number of likely N-dealkylation sites (tertiary alicyclic amines) is 1. The number of urea groups is 1. The van der Waals surface area contributed by atoms with Crippen molar-refractivity contribution in [1.29, 1.82) is 0 Å². The first kappa shape index (κ1) is 25.1. The zero-order chi connectivity index (χ0) is 24.2. The van der Waals surface area contributed by atoms with Crippen LogP contribution in [0.2, 0.25) is 0 Å². The van der Waals surface area contributed by atoms with Crippen LogP contribution in [-0.2, 0) is 16.0 Å². The molecule has 2 heterocycles. The number of halogens is 1. The van der Waals surface area contributed by atoms with Gasteiger partial charge in [0.1, 0.15) is 11.4 Å². The van der Waals surface area contributed by atoms with Crippen molar-refractivity contribution in [2.24, 2.45) is 11.8 Å². The van der Waals surface area contributed by atoms with Crippen molar-refractivity contribution in [3.63, 3.8) is 0 Å². The van der Waals surface area contributed by atoms with Crippen LogP contribution in [0, 0.1) is 17.7 Å². The molecule has 3 rings (SSSR count). The van der Waals surface area contributed by atoms with E-state index in [1.54, 1.807) is 12.1 Å². The third kappa shape index (κ3) is 5.91. The largest absolute Gasteiger partial charge is 0.342 e. The number of hydrogen-bond donors (Lipinski definition) is 1. The number of benzene rings is 1. The molecule has 1 aromatic rings. The smallest absolute Gasteiger partial charge is 0.325 e. The van der Waals surface area contributed by atoms with Crippen LogP contribution in [0.15, 0.2) is 24.3 Å². The van der Waals surface area contributed by atoms with E-state index in [9.17, 15) is 18.8 Å². The second kappa shape index (κ2) is 10.6. The maximum atomic E-state index is 13.6. The molecule has 7 nitrogen and oxygen atoms in total. The number of piperidine rings is 1. The lowest BCUT2D eigenvalue weighted by Gasteiger charge is -2.41. The number of rotatable bonds is 9. The lowest BCUT2D eigenvalue weighted by molar-refractivity contribution is -0.136. The molecular weight excluding hydrogens is 423 g/mol. The van der Waals surface area contributed by atoms with Gasteiger partial charge in [0.2, 0.25) is 5.91 Å². The first-order valence-corrected chi connectivity index (χ1v) is 11.9. The Hall–Kier alpha value is -2.48. The second-order valence-electron chi connectivity index (χ2n) is 10.1. The summed E-state index contributed by atoms with van der Waals surface area (Å²) in [7, 11) is 3.84. The summed E-state index contributed by atoms with van der Waals surface area (Å²) in [6, 6.07) is 5.69. The summed E-state index contributed by atoms with van der Waals surface area (Å²) in [4.78, 5) is 44.3. The van der Waals surface area contributed by atoms with Crippen LogP contribution in [0.3, 0.4) is 0 Å². The Labute approximate surface area is 196 Å². The fraction of sp³-hybridized carbons (Fsp3) is 0.640. The van der Waals surface area contributed by atoms with Gasteiger partial charge in [0.05, 0.1) is 6.42 Å². The van der Waals surface area contributed by atoms with Crippen molar-refractivity contribution < 1.29 is 18.8 Å². The van der Waals surface area contributed by atoms with Crippen LogP contribution < -0.4 is 5.32 Å². The molecule has 1 aromatic carbocycles. The Kier molecular flexibility index (Phi) is 8.10. The molecule has 2 saturated heterocycles. The molecule has 0 saturated carbocycles. The maximum absolute atomic E-state index is 13.6. The Bertz CT molecular complexity index is 850. The number of likely N-dealkylation sites (N-methyl/N-ethyl adjacent to an activating group) is 1. The van der Waals surface area contributed by atoms with Crippen molar-refractivity contribution in [3.05, 3.63) is 35.6 Å². The average molecular weight is 461 g/mol. The SMILES string of the molecule is CC(C)CC[C@@]1(C2CCN(C(=O)Cc3ccc(F)cc3)CC2)NC(=O)N(CCN(C)C)C1=O. The van der Waals surface area contributed by atoms with E-state index in [-0.39, 0.29) is 36.0 Å². The van der Waals surface area contributed by atoms with Gasteiger partial charge in [0.25, 0.3) is 5.91 Å². The number of amides is 4. The lowest BCUT2D eigenvalue weighted by atomic mass is 9.73. The molecular formula is C25H37FN4O3. The van der Waals surface area contributed by atoms with Gasteiger partial charge in [-0.3, -0.25) is 14.5 Å². The van der Waals surface area contributed by atoms with E-state index in [1.165, 1.54) is 17.0 Å². The fourth-order valence-corrected chi connectivity index (χ4v) is 4.82. The summed E-state index contributed by atoms with van der Waals surface area (Å²) < 4.78 is 13.1. The monoisotopic (exact) mass is 460 g/mol. The van der Waals surface area contributed by atoms with E-state index in [1.807, 2.05) is 23.9 Å². The lowest BCUT2D eigenvalue weighted by Crippen LogP contribution is -2.57. The van der Waals surface area contributed by atoms with Gasteiger partial charge < -0.3 is 15.1 Å². The minimum Gasteiger partial charge on any atom is -0.342 e. The summed E-state index contributed by atoms with van der Waals surface area (Å²) in [5, 5.41) is 3.09. The summed E-state index contributed by atoms with van der Waals surface area (Å²) in [5.74, 6) is -0.0231. The molecule has 33 heavy (non-hydrogen) atoms. The van der Waals surface area contributed by atoms with Crippen LogP contribution in [0.4, 0.5) is 9.18 Å². The van der Waals surface area contributed by atoms with Gasteiger partial charge in [-0.25, -0.2) is 9.18 Å². The van der Waals surface area contributed by atoms with Gasteiger partial charge in [-0.15, -0.1) is 0 Å². The second-order valence-corrected chi connectivity index (χ2v) is 10.1. The third-order valence-corrected chi connectivity index (χ3v) is 6.90. The summed E-state index contributed by atoms with van der Waals surface area (Å²) in [6.45, 7) is 6.33. The van der Waals surface area contributed by atoms with E-state index < -0.39 is 5.54 Å². The van der Waals surface area contributed by atoms with E-state index in [0.29, 0.717) is 51.4 Å². The van der Waals surface area contributed by atoms with E-state index in [0.717, 1.165) is 12.0 Å². The van der Waals surface area contributed by atoms with Crippen LogP contribution in [-0.4, -0.2) is 78.4 Å². The van der Waals surface area contributed by atoms with Crippen molar-refractivity contribution in [2.75, 3.05) is 40.3 Å². The van der Waals surface area contributed by atoms with Gasteiger partial charge >= 0.3 is 6.03 Å². The normalized spacial score (nSPS) is 21.9. The molecule has 182 valence electrons. The quantitative estimate of drug-likeness (QED) is 0.575. The summed E-state index contributed by atoms with van der Waals surface area (Å²) in [5.41, 5.74) is -0.105. The Morgan fingerprint density at radius 3 is 2.39 bits per heavy atom. The minimum atomic E-state index is -0.889. The fourth-order valence-electron chi connectivity index (χ4n) is 4.82. The number of hydrogen-bond acceptors (Lipinski definition) is 4. The molecule has 8 heteroatoms. The average Bonchev–Trinajstić information content (AvgIpc) is 3.02. The van der Waals surface area contributed by atoms with Crippen LogP contribution in [0.5, 0.6) is 0 Å². The van der Waals surface area contributed by atoms with Crippen LogP contribution in [0.1, 0.15) is 45.1 Å². The zero-order valence-corrected chi connectivity index (χ0v) is 20.3. The first-order chi connectivity index (χ1) is 15.6. The zero-order valence-electron chi connectivity index (χ0n) is 20.3. The minimum absolute atomic E-state index is 0.00526. The predicted molar refractivity (Wildman–Crippen MR) is 125 cm³/mol. The first-order valence-electron chi connectivity index (χ1n) is 11.9. The van der Waals surface area contributed by atoms with Gasteiger partial charge in [0, 0.05) is 26.2 Å². The molecule has 0 spiro atoms. The third-order valence-electron chi connectivity index (χ3n) is 6.90. The highest BCUT2D eigenvalue weighted by molar-refractivity contribution is 6.07.